The number of benzene rings is 1. The van der Waals surface area contributed by atoms with E-state index in [1.165, 1.54) is 12.3 Å². The Morgan fingerprint density at radius 3 is 2.71 bits per heavy atom. The summed E-state index contributed by atoms with van der Waals surface area (Å²) in [5.74, 6) is -2.82. The van der Waals surface area contributed by atoms with Crippen molar-refractivity contribution in [1.29, 1.82) is 0 Å². The second kappa shape index (κ2) is 9.66. The molecule has 0 bridgehead atoms. The average Bonchev–Trinajstić information content (AvgIpc) is 2.53. The van der Waals surface area contributed by atoms with Crippen LogP contribution in [0.3, 0.4) is 0 Å². The van der Waals surface area contributed by atoms with E-state index >= 15 is 0 Å². The van der Waals surface area contributed by atoms with Crippen LogP contribution in [0.2, 0.25) is 0 Å². The number of hydrogen-bond donors (Lipinski definition) is 2. The highest BCUT2D eigenvalue weighted by atomic mass is 79.9. The van der Waals surface area contributed by atoms with E-state index in [0.29, 0.717) is 16.5 Å². The highest BCUT2D eigenvalue weighted by Crippen LogP contribution is 2.21. The van der Waals surface area contributed by atoms with Crippen LogP contribution in [-0.2, 0) is 14.4 Å². The molecule has 0 unspecified atom stereocenters. The minimum atomic E-state index is -1.36. The molecule has 0 radical (unpaired) electrons. The van der Waals surface area contributed by atoms with Gasteiger partial charge in [-0.15, -0.1) is 0 Å². The van der Waals surface area contributed by atoms with Crippen molar-refractivity contribution in [3.63, 3.8) is 0 Å². The minimum absolute atomic E-state index is 0.123. The minimum Gasteiger partial charge on any atom is -0.546 e. The van der Waals surface area contributed by atoms with Gasteiger partial charge in [0.05, 0.1) is 12.2 Å². The molecule has 0 aromatic heterocycles. The molecule has 1 atom stereocenters. The molecule has 2 amide bonds. The number of carboxylic acids is 1. The van der Waals surface area contributed by atoms with E-state index in [1.807, 2.05) is 6.92 Å². The van der Waals surface area contributed by atoms with Crippen molar-refractivity contribution in [2.45, 2.75) is 26.3 Å². The van der Waals surface area contributed by atoms with Crippen LogP contribution in [0.4, 0.5) is 0 Å². The Bertz CT molecular complexity index is 648. The van der Waals surface area contributed by atoms with Crippen LogP contribution in [0.15, 0.2) is 27.8 Å². The van der Waals surface area contributed by atoms with Crippen LogP contribution in [-0.4, -0.2) is 36.6 Å². The van der Waals surface area contributed by atoms with Gasteiger partial charge in [0, 0.05) is 16.1 Å². The number of hydrazone groups is 1. The van der Waals surface area contributed by atoms with Crippen molar-refractivity contribution in [2.75, 3.05) is 6.61 Å². The van der Waals surface area contributed by atoms with Gasteiger partial charge < -0.3 is 20.0 Å². The topological polar surface area (TPSA) is 120 Å². The van der Waals surface area contributed by atoms with Crippen LogP contribution >= 0.6 is 15.9 Å². The molecule has 2 N–H and O–H groups in total. The Hall–Kier alpha value is -2.42. The molecule has 0 aliphatic heterocycles. The molecule has 1 aromatic rings. The lowest BCUT2D eigenvalue weighted by molar-refractivity contribution is -0.307. The van der Waals surface area contributed by atoms with Gasteiger partial charge in [-0.25, -0.2) is 5.43 Å². The molecule has 0 aliphatic rings. The molecule has 1 aromatic carbocycles. The lowest BCUT2D eigenvalue weighted by atomic mass is 10.2. The van der Waals surface area contributed by atoms with E-state index in [4.69, 9.17) is 4.74 Å². The molecular formula is C15H17BrN3O5-. The van der Waals surface area contributed by atoms with Crippen molar-refractivity contribution in [2.24, 2.45) is 5.10 Å². The van der Waals surface area contributed by atoms with Gasteiger partial charge in [0.25, 0.3) is 0 Å². The van der Waals surface area contributed by atoms with Crippen molar-refractivity contribution in [3.8, 4) is 5.75 Å². The SMILES string of the molecule is CC[C@@H](C)NC(=O)C(=O)N/N=C\c1cc(Br)ccc1OCC(=O)[O-]. The van der Waals surface area contributed by atoms with E-state index in [9.17, 15) is 19.5 Å². The number of amides is 2. The first kappa shape index (κ1) is 19.6. The third kappa shape index (κ3) is 6.78. The fraction of sp³-hybridized carbons (Fsp3) is 0.333. The first-order valence-corrected chi connectivity index (χ1v) is 7.88. The van der Waals surface area contributed by atoms with Crippen LogP contribution in [0.25, 0.3) is 0 Å². The van der Waals surface area contributed by atoms with Crippen LogP contribution < -0.4 is 20.6 Å². The summed E-state index contributed by atoms with van der Waals surface area (Å²) in [6, 6.07) is 4.67. The summed E-state index contributed by atoms with van der Waals surface area (Å²) in [7, 11) is 0. The largest absolute Gasteiger partial charge is 0.546 e. The number of nitrogens with one attached hydrogen (secondary N) is 2. The van der Waals surface area contributed by atoms with E-state index in [1.54, 1.807) is 19.1 Å². The number of rotatable bonds is 7. The zero-order valence-electron chi connectivity index (χ0n) is 13.2. The second-order valence-electron chi connectivity index (χ2n) is 4.82. The van der Waals surface area contributed by atoms with Crippen molar-refractivity contribution in [1.82, 2.24) is 10.7 Å². The van der Waals surface area contributed by atoms with Crippen LogP contribution in [0.1, 0.15) is 25.8 Å². The Labute approximate surface area is 147 Å². The Morgan fingerprint density at radius 1 is 1.38 bits per heavy atom. The predicted octanol–water partition coefficient (Wildman–Crippen LogP) is -0.0574. The molecule has 0 spiro atoms. The zero-order valence-corrected chi connectivity index (χ0v) is 14.8. The standard InChI is InChI=1S/C15H18BrN3O5/c1-3-9(2)18-14(22)15(23)19-17-7-10-6-11(16)4-5-12(10)24-8-13(20)21/h4-7,9H,3,8H2,1-2H3,(H,18,22)(H,19,23)(H,20,21)/p-1/b17-7-/t9-/m1/s1. The Morgan fingerprint density at radius 2 is 2.08 bits per heavy atom. The van der Waals surface area contributed by atoms with Crippen LogP contribution in [0.5, 0.6) is 5.75 Å². The molecule has 9 heteroatoms. The molecule has 0 saturated heterocycles. The number of nitrogens with zero attached hydrogens (tertiary/aromatic N) is 1. The van der Waals surface area contributed by atoms with Gasteiger partial charge in [0.1, 0.15) is 12.4 Å². The molecular weight excluding hydrogens is 382 g/mol. The molecule has 0 heterocycles. The lowest BCUT2D eigenvalue weighted by Crippen LogP contribution is -2.41. The fourth-order valence-corrected chi connectivity index (χ4v) is 1.87. The van der Waals surface area contributed by atoms with Crippen molar-refractivity contribution < 1.29 is 24.2 Å². The molecule has 0 fully saturated rings. The Kier molecular flexibility index (Phi) is 7.90. The third-order valence-corrected chi connectivity index (χ3v) is 3.38. The van der Waals surface area contributed by atoms with Gasteiger partial charge in [-0.2, -0.15) is 5.10 Å². The Balaban J connectivity index is 2.72. The monoisotopic (exact) mass is 398 g/mol. The lowest BCUT2D eigenvalue weighted by Gasteiger charge is -2.10. The predicted molar refractivity (Wildman–Crippen MR) is 88.3 cm³/mol. The van der Waals surface area contributed by atoms with Crippen molar-refractivity contribution >= 4 is 39.9 Å². The third-order valence-electron chi connectivity index (χ3n) is 2.88. The zero-order chi connectivity index (χ0) is 18.1. The number of carbonyl (C=O) groups is 3. The summed E-state index contributed by atoms with van der Waals surface area (Å²) in [5.41, 5.74) is 2.50. The summed E-state index contributed by atoms with van der Waals surface area (Å²) in [5, 5.41) is 16.6. The molecule has 0 aliphatic carbocycles. The van der Waals surface area contributed by atoms with Crippen molar-refractivity contribution in [3.05, 3.63) is 28.2 Å². The first-order valence-electron chi connectivity index (χ1n) is 7.09. The van der Waals surface area contributed by atoms with Gasteiger partial charge in [0.15, 0.2) is 0 Å². The maximum absolute atomic E-state index is 11.6. The molecule has 24 heavy (non-hydrogen) atoms. The first-order chi connectivity index (χ1) is 11.3. The number of carboxylic acid groups (broad SMARTS) is 1. The summed E-state index contributed by atoms with van der Waals surface area (Å²) in [6.45, 7) is 3.03. The summed E-state index contributed by atoms with van der Waals surface area (Å²) in [6.07, 6.45) is 1.93. The highest BCUT2D eigenvalue weighted by Gasteiger charge is 2.14. The number of hydrogen-bond acceptors (Lipinski definition) is 6. The van der Waals surface area contributed by atoms with E-state index < -0.39 is 24.4 Å². The summed E-state index contributed by atoms with van der Waals surface area (Å²) in [4.78, 5) is 33.6. The molecule has 8 nitrogen and oxygen atoms in total. The number of aliphatic carboxylic acids is 1. The summed E-state index contributed by atoms with van der Waals surface area (Å²) < 4.78 is 5.76. The highest BCUT2D eigenvalue weighted by molar-refractivity contribution is 9.10. The smallest absolute Gasteiger partial charge is 0.329 e. The van der Waals surface area contributed by atoms with E-state index in [2.05, 4.69) is 31.8 Å². The maximum Gasteiger partial charge on any atom is 0.329 e. The van der Waals surface area contributed by atoms with Gasteiger partial charge in [-0.05, 0) is 31.5 Å². The normalized spacial score (nSPS) is 11.8. The fourth-order valence-electron chi connectivity index (χ4n) is 1.49. The van der Waals surface area contributed by atoms with Crippen LogP contribution in [0, 0.1) is 0 Å². The number of carbonyl (C=O) groups excluding carboxylic acids is 3. The molecule has 130 valence electrons. The van der Waals surface area contributed by atoms with E-state index in [-0.39, 0.29) is 11.8 Å². The summed E-state index contributed by atoms with van der Waals surface area (Å²) >= 11 is 3.26. The maximum atomic E-state index is 11.6. The van der Waals surface area contributed by atoms with E-state index in [0.717, 1.165) is 0 Å². The second-order valence-corrected chi connectivity index (χ2v) is 5.74. The quantitative estimate of drug-likeness (QED) is 0.378. The van der Waals surface area contributed by atoms with Gasteiger partial charge in [-0.1, -0.05) is 22.9 Å². The molecule has 0 saturated carbocycles. The molecule has 1 rings (SSSR count). The van der Waals surface area contributed by atoms with Gasteiger partial charge >= 0.3 is 11.8 Å². The number of ether oxygens (including phenoxy) is 1. The van der Waals surface area contributed by atoms with Gasteiger partial charge in [0.2, 0.25) is 0 Å². The average molecular weight is 399 g/mol. The number of halogens is 1. The van der Waals surface area contributed by atoms with Gasteiger partial charge in [-0.3, -0.25) is 9.59 Å².